The van der Waals surface area contributed by atoms with Gasteiger partial charge >= 0.3 is 0 Å². The Morgan fingerprint density at radius 1 is 1.71 bits per heavy atom. The lowest BCUT2D eigenvalue weighted by molar-refractivity contribution is 0.699. The molecule has 0 spiro atoms. The van der Waals surface area contributed by atoms with Crippen molar-refractivity contribution in [1.29, 1.82) is 0 Å². The molecule has 1 rings (SSSR count). The van der Waals surface area contributed by atoms with Crippen LogP contribution in [0.5, 0.6) is 0 Å². The van der Waals surface area contributed by atoms with Crippen LogP contribution < -0.4 is 10.6 Å². The van der Waals surface area contributed by atoms with Gasteiger partial charge in [-0.15, -0.1) is 0 Å². The fourth-order valence-electron chi connectivity index (χ4n) is 1.16. The van der Waals surface area contributed by atoms with E-state index in [1.807, 2.05) is 26.4 Å². The first-order valence-corrected chi connectivity index (χ1v) is 5.07. The van der Waals surface area contributed by atoms with Crippen LogP contribution >= 0.6 is 12.2 Å². The van der Waals surface area contributed by atoms with Gasteiger partial charge in [-0.05, 0) is 26.1 Å². The summed E-state index contributed by atoms with van der Waals surface area (Å²) in [5.41, 5.74) is 1.13. The highest BCUT2D eigenvalue weighted by Crippen LogP contribution is 2.09. The highest BCUT2D eigenvalue weighted by molar-refractivity contribution is 7.80. The van der Waals surface area contributed by atoms with Crippen molar-refractivity contribution in [3.05, 3.63) is 18.0 Å². The first-order valence-electron chi connectivity index (χ1n) is 4.66. The van der Waals surface area contributed by atoms with Crippen molar-refractivity contribution in [3.63, 3.8) is 0 Å². The van der Waals surface area contributed by atoms with Crippen LogP contribution in [-0.4, -0.2) is 21.4 Å². The molecular formula is C9H16N4S. The van der Waals surface area contributed by atoms with Crippen LogP contribution in [0, 0.1) is 0 Å². The molecule has 0 saturated heterocycles. The second-order valence-electron chi connectivity index (χ2n) is 3.17. The zero-order valence-corrected chi connectivity index (χ0v) is 9.56. The quantitative estimate of drug-likeness (QED) is 0.733. The monoisotopic (exact) mass is 212 g/mol. The van der Waals surface area contributed by atoms with E-state index in [1.54, 1.807) is 4.68 Å². The Bertz CT molecular complexity index is 308. The molecule has 78 valence electrons. The van der Waals surface area contributed by atoms with Gasteiger partial charge in [0.1, 0.15) is 0 Å². The summed E-state index contributed by atoms with van der Waals surface area (Å²) in [6.45, 7) is 4.91. The minimum atomic E-state index is 0.190. The molecule has 0 aliphatic heterocycles. The summed E-state index contributed by atoms with van der Waals surface area (Å²) in [5.74, 6) is 0. The van der Waals surface area contributed by atoms with Crippen molar-refractivity contribution < 1.29 is 0 Å². The largest absolute Gasteiger partial charge is 0.363 e. The molecule has 1 heterocycles. The minimum Gasteiger partial charge on any atom is -0.363 e. The fourth-order valence-corrected chi connectivity index (χ4v) is 1.48. The number of nitrogens with zero attached hydrogens (tertiary/aromatic N) is 2. The van der Waals surface area contributed by atoms with E-state index in [9.17, 15) is 0 Å². The lowest BCUT2D eigenvalue weighted by atomic mass is 10.2. The van der Waals surface area contributed by atoms with E-state index < -0.39 is 0 Å². The van der Waals surface area contributed by atoms with E-state index >= 15 is 0 Å². The second kappa shape index (κ2) is 4.95. The maximum absolute atomic E-state index is 5.09. The number of hydrogen-bond acceptors (Lipinski definition) is 2. The zero-order valence-electron chi connectivity index (χ0n) is 8.74. The number of nitrogens with one attached hydrogen (secondary N) is 2. The Kier molecular flexibility index (Phi) is 3.88. The molecule has 4 nitrogen and oxygen atoms in total. The SMILES string of the molecule is CCNC(=S)NC(C)c1cnn(C)c1. The van der Waals surface area contributed by atoms with Crippen LogP contribution in [0.25, 0.3) is 0 Å². The first kappa shape index (κ1) is 11.0. The maximum atomic E-state index is 5.09. The summed E-state index contributed by atoms with van der Waals surface area (Å²) in [6, 6.07) is 0.190. The summed E-state index contributed by atoms with van der Waals surface area (Å²) in [6.07, 6.45) is 3.82. The normalized spacial score (nSPS) is 12.2. The molecule has 0 amide bonds. The fraction of sp³-hybridized carbons (Fsp3) is 0.556. The van der Waals surface area contributed by atoms with Gasteiger partial charge in [-0.2, -0.15) is 5.10 Å². The van der Waals surface area contributed by atoms with Gasteiger partial charge in [0, 0.05) is 25.4 Å². The van der Waals surface area contributed by atoms with Crippen LogP contribution in [0.4, 0.5) is 0 Å². The Labute approximate surface area is 89.7 Å². The van der Waals surface area contributed by atoms with E-state index in [0.717, 1.165) is 12.1 Å². The molecule has 0 radical (unpaired) electrons. The Hall–Kier alpha value is -1.10. The van der Waals surface area contributed by atoms with Gasteiger partial charge in [0.25, 0.3) is 0 Å². The standard InChI is InChI=1S/C9H16N4S/c1-4-10-9(14)12-7(2)8-5-11-13(3)6-8/h5-7H,4H2,1-3H3,(H2,10,12,14). The van der Waals surface area contributed by atoms with Crippen molar-refractivity contribution in [2.75, 3.05) is 6.54 Å². The summed E-state index contributed by atoms with van der Waals surface area (Å²) >= 11 is 5.09. The smallest absolute Gasteiger partial charge is 0.166 e. The van der Waals surface area contributed by atoms with Gasteiger partial charge in [-0.3, -0.25) is 4.68 Å². The molecule has 1 unspecified atom stereocenters. The molecule has 2 N–H and O–H groups in total. The maximum Gasteiger partial charge on any atom is 0.166 e. The molecule has 1 aromatic heterocycles. The zero-order chi connectivity index (χ0) is 10.6. The van der Waals surface area contributed by atoms with Crippen molar-refractivity contribution in [1.82, 2.24) is 20.4 Å². The van der Waals surface area contributed by atoms with Gasteiger partial charge in [0.15, 0.2) is 5.11 Å². The molecule has 0 aliphatic carbocycles. The molecule has 5 heteroatoms. The number of thiocarbonyl (C=S) groups is 1. The third kappa shape index (κ3) is 2.99. The van der Waals surface area contributed by atoms with Gasteiger partial charge < -0.3 is 10.6 Å². The molecule has 14 heavy (non-hydrogen) atoms. The van der Waals surface area contributed by atoms with Crippen LogP contribution in [0.15, 0.2) is 12.4 Å². The summed E-state index contributed by atoms with van der Waals surface area (Å²) in [5, 5.41) is 11.0. The molecule has 0 bridgehead atoms. The third-order valence-electron chi connectivity index (χ3n) is 1.91. The Morgan fingerprint density at radius 2 is 2.43 bits per heavy atom. The predicted molar refractivity (Wildman–Crippen MR) is 61.0 cm³/mol. The first-order chi connectivity index (χ1) is 6.63. The van der Waals surface area contributed by atoms with E-state index in [4.69, 9.17) is 12.2 Å². The van der Waals surface area contributed by atoms with Crippen LogP contribution in [0.3, 0.4) is 0 Å². The number of hydrogen-bond donors (Lipinski definition) is 2. The van der Waals surface area contributed by atoms with Crippen molar-refractivity contribution in [3.8, 4) is 0 Å². The number of aromatic nitrogens is 2. The average Bonchev–Trinajstić information content (AvgIpc) is 2.52. The van der Waals surface area contributed by atoms with E-state index in [1.165, 1.54) is 0 Å². The second-order valence-corrected chi connectivity index (χ2v) is 3.58. The van der Waals surface area contributed by atoms with Gasteiger partial charge in [-0.25, -0.2) is 0 Å². The van der Waals surface area contributed by atoms with E-state index in [0.29, 0.717) is 5.11 Å². The van der Waals surface area contributed by atoms with E-state index in [-0.39, 0.29) is 6.04 Å². The lowest BCUT2D eigenvalue weighted by Gasteiger charge is -2.14. The minimum absolute atomic E-state index is 0.190. The summed E-state index contributed by atoms with van der Waals surface area (Å²) < 4.78 is 1.78. The molecule has 0 aliphatic rings. The number of aryl methyl sites for hydroxylation is 1. The van der Waals surface area contributed by atoms with Crippen molar-refractivity contribution in [2.24, 2.45) is 7.05 Å². The van der Waals surface area contributed by atoms with Crippen molar-refractivity contribution >= 4 is 17.3 Å². The third-order valence-corrected chi connectivity index (χ3v) is 2.17. The molecule has 0 fully saturated rings. The lowest BCUT2D eigenvalue weighted by Crippen LogP contribution is -2.36. The Morgan fingerprint density at radius 3 is 2.93 bits per heavy atom. The van der Waals surface area contributed by atoms with Crippen LogP contribution in [0.1, 0.15) is 25.5 Å². The van der Waals surface area contributed by atoms with E-state index in [2.05, 4.69) is 22.7 Å². The Balaban J connectivity index is 2.50. The molecule has 0 saturated carbocycles. The van der Waals surface area contributed by atoms with Gasteiger partial charge in [0.2, 0.25) is 0 Å². The number of rotatable bonds is 3. The topological polar surface area (TPSA) is 41.9 Å². The summed E-state index contributed by atoms with van der Waals surface area (Å²) in [4.78, 5) is 0. The highest BCUT2D eigenvalue weighted by atomic mass is 32.1. The molecule has 1 atom stereocenters. The predicted octanol–water partition coefficient (Wildman–Crippen LogP) is 0.965. The average molecular weight is 212 g/mol. The van der Waals surface area contributed by atoms with Gasteiger partial charge in [0.05, 0.1) is 12.2 Å². The van der Waals surface area contributed by atoms with Crippen LogP contribution in [0.2, 0.25) is 0 Å². The van der Waals surface area contributed by atoms with Gasteiger partial charge in [-0.1, -0.05) is 0 Å². The summed E-state index contributed by atoms with van der Waals surface area (Å²) in [7, 11) is 1.90. The molecule has 1 aromatic rings. The highest BCUT2D eigenvalue weighted by Gasteiger charge is 2.07. The molecular weight excluding hydrogens is 196 g/mol. The van der Waals surface area contributed by atoms with Crippen LogP contribution in [-0.2, 0) is 7.05 Å². The molecule has 0 aromatic carbocycles. The van der Waals surface area contributed by atoms with Crippen molar-refractivity contribution in [2.45, 2.75) is 19.9 Å².